The molecule has 0 fully saturated rings. The number of pyridine rings is 1. The van der Waals surface area contributed by atoms with Gasteiger partial charge in [-0.15, -0.1) is 0 Å². The molecular formula is C13H13ClN2O3S. The standard InChI is InChI=1S/C13H13ClN2O3S/c1-16-9-10(6-7-13(16)17)8-15-20(18,19)12-5-3-2-4-11(12)14/h2-7,9,15H,8H2,1H3. The zero-order valence-corrected chi connectivity index (χ0v) is 12.3. The minimum Gasteiger partial charge on any atom is -0.318 e. The van der Waals surface area contributed by atoms with Crippen LogP contribution in [-0.4, -0.2) is 13.0 Å². The molecule has 0 spiro atoms. The highest BCUT2D eigenvalue weighted by Crippen LogP contribution is 2.20. The van der Waals surface area contributed by atoms with E-state index in [-0.39, 0.29) is 22.0 Å². The molecule has 0 unspecified atom stereocenters. The van der Waals surface area contributed by atoms with Gasteiger partial charge in [0, 0.05) is 25.9 Å². The van der Waals surface area contributed by atoms with Crippen molar-refractivity contribution in [1.29, 1.82) is 0 Å². The van der Waals surface area contributed by atoms with Gasteiger partial charge in [0.25, 0.3) is 0 Å². The summed E-state index contributed by atoms with van der Waals surface area (Å²) < 4.78 is 28.1. The third kappa shape index (κ3) is 3.27. The molecule has 7 heteroatoms. The summed E-state index contributed by atoms with van der Waals surface area (Å²) in [6.45, 7) is 0.0850. The number of aryl methyl sites for hydroxylation is 1. The Morgan fingerprint density at radius 3 is 2.55 bits per heavy atom. The van der Waals surface area contributed by atoms with Crippen molar-refractivity contribution in [3.05, 3.63) is 63.5 Å². The molecule has 2 aromatic rings. The molecule has 5 nitrogen and oxygen atoms in total. The predicted octanol–water partition coefficient (Wildman–Crippen LogP) is 1.52. The fraction of sp³-hybridized carbons (Fsp3) is 0.154. The Hall–Kier alpha value is -1.63. The summed E-state index contributed by atoms with van der Waals surface area (Å²) in [5.74, 6) is 0. The second-order valence-electron chi connectivity index (χ2n) is 4.24. The lowest BCUT2D eigenvalue weighted by molar-refractivity contribution is 0.581. The van der Waals surface area contributed by atoms with Crippen molar-refractivity contribution in [3.63, 3.8) is 0 Å². The van der Waals surface area contributed by atoms with E-state index in [1.54, 1.807) is 31.4 Å². The van der Waals surface area contributed by atoms with Gasteiger partial charge in [-0.25, -0.2) is 13.1 Å². The lowest BCUT2D eigenvalue weighted by atomic mass is 10.3. The van der Waals surface area contributed by atoms with Gasteiger partial charge in [-0.3, -0.25) is 4.79 Å². The molecule has 1 aromatic carbocycles. The van der Waals surface area contributed by atoms with Crippen molar-refractivity contribution in [1.82, 2.24) is 9.29 Å². The molecule has 0 aliphatic rings. The SMILES string of the molecule is Cn1cc(CNS(=O)(=O)c2ccccc2Cl)ccc1=O. The molecular weight excluding hydrogens is 300 g/mol. The highest BCUT2D eigenvalue weighted by atomic mass is 35.5. The fourth-order valence-electron chi connectivity index (χ4n) is 1.67. The fourth-order valence-corrected chi connectivity index (χ4v) is 3.21. The molecule has 0 saturated carbocycles. The zero-order chi connectivity index (χ0) is 14.8. The number of hydrogen-bond donors (Lipinski definition) is 1. The second kappa shape index (κ2) is 5.78. The van der Waals surface area contributed by atoms with Crippen LogP contribution in [0.3, 0.4) is 0 Å². The average Bonchev–Trinajstić information content (AvgIpc) is 2.40. The number of benzene rings is 1. The van der Waals surface area contributed by atoms with Crippen LogP contribution in [0.2, 0.25) is 5.02 Å². The van der Waals surface area contributed by atoms with E-state index in [4.69, 9.17) is 11.6 Å². The predicted molar refractivity (Wildman–Crippen MR) is 77.2 cm³/mol. The van der Waals surface area contributed by atoms with Gasteiger partial charge in [0.1, 0.15) is 4.90 Å². The molecule has 0 atom stereocenters. The van der Waals surface area contributed by atoms with E-state index in [0.29, 0.717) is 5.56 Å². The first-order chi connectivity index (χ1) is 9.40. The Kier molecular flexibility index (Phi) is 4.27. The van der Waals surface area contributed by atoms with Gasteiger partial charge in [-0.2, -0.15) is 0 Å². The van der Waals surface area contributed by atoms with E-state index in [1.165, 1.54) is 22.8 Å². The number of sulfonamides is 1. The van der Waals surface area contributed by atoms with Crippen molar-refractivity contribution in [3.8, 4) is 0 Å². The topological polar surface area (TPSA) is 68.2 Å². The minimum absolute atomic E-state index is 0.0338. The summed E-state index contributed by atoms with van der Waals surface area (Å²) in [5, 5.41) is 0.167. The Morgan fingerprint density at radius 2 is 1.90 bits per heavy atom. The van der Waals surface area contributed by atoms with E-state index in [1.807, 2.05) is 0 Å². The molecule has 1 heterocycles. The zero-order valence-electron chi connectivity index (χ0n) is 10.7. The Morgan fingerprint density at radius 1 is 1.20 bits per heavy atom. The second-order valence-corrected chi connectivity index (χ2v) is 6.38. The number of nitrogens with zero attached hydrogens (tertiary/aromatic N) is 1. The molecule has 2 rings (SSSR count). The van der Waals surface area contributed by atoms with E-state index >= 15 is 0 Å². The number of aromatic nitrogens is 1. The molecule has 1 N–H and O–H groups in total. The molecule has 106 valence electrons. The molecule has 20 heavy (non-hydrogen) atoms. The van der Waals surface area contributed by atoms with Crippen LogP contribution in [0.5, 0.6) is 0 Å². The average molecular weight is 313 g/mol. The monoisotopic (exact) mass is 312 g/mol. The Labute approximate surface area is 121 Å². The molecule has 0 amide bonds. The summed E-state index contributed by atoms with van der Waals surface area (Å²) >= 11 is 5.87. The molecule has 0 saturated heterocycles. The van der Waals surface area contributed by atoms with Crippen molar-refractivity contribution >= 4 is 21.6 Å². The van der Waals surface area contributed by atoms with Crippen LogP contribution in [0.15, 0.2) is 52.3 Å². The smallest absolute Gasteiger partial charge is 0.250 e. The Bertz CT molecular complexity index is 784. The molecule has 0 radical (unpaired) electrons. The van der Waals surface area contributed by atoms with Crippen molar-refractivity contribution in [2.24, 2.45) is 7.05 Å². The third-order valence-corrected chi connectivity index (χ3v) is 4.64. The highest BCUT2D eigenvalue weighted by molar-refractivity contribution is 7.89. The maximum atomic E-state index is 12.1. The van der Waals surface area contributed by atoms with E-state index in [9.17, 15) is 13.2 Å². The van der Waals surface area contributed by atoms with Gasteiger partial charge >= 0.3 is 0 Å². The normalized spacial score (nSPS) is 11.5. The van der Waals surface area contributed by atoms with Crippen molar-refractivity contribution in [2.45, 2.75) is 11.4 Å². The third-order valence-electron chi connectivity index (χ3n) is 2.74. The summed E-state index contributed by atoms with van der Waals surface area (Å²) in [7, 11) is -2.08. The largest absolute Gasteiger partial charge is 0.318 e. The van der Waals surface area contributed by atoms with E-state index in [0.717, 1.165) is 0 Å². The highest BCUT2D eigenvalue weighted by Gasteiger charge is 2.16. The maximum absolute atomic E-state index is 12.1. The van der Waals surface area contributed by atoms with Crippen LogP contribution < -0.4 is 10.3 Å². The summed E-state index contributed by atoms with van der Waals surface area (Å²) in [6, 6.07) is 9.19. The number of hydrogen-bond acceptors (Lipinski definition) is 3. The van der Waals surface area contributed by atoms with Crippen LogP contribution in [0.4, 0.5) is 0 Å². The van der Waals surface area contributed by atoms with Gasteiger partial charge in [0.05, 0.1) is 5.02 Å². The van der Waals surface area contributed by atoms with Crippen LogP contribution in [0.1, 0.15) is 5.56 Å². The first-order valence-electron chi connectivity index (χ1n) is 5.80. The molecule has 0 aliphatic carbocycles. The van der Waals surface area contributed by atoms with Gasteiger partial charge in [0.2, 0.25) is 15.6 Å². The first-order valence-corrected chi connectivity index (χ1v) is 7.66. The summed E-state index contributed by atoms with van der Waals surface area (Å²) in [4.78, 5) is 11.3. The van der Waals surface area contributed by atoms with Gasteiger partial charge in [-0.1, -0.05) is 29.8 Å². The number of nitrogens with one attached hydrogen (secondary N) is 1. The lowest BCUT2D eigenvalue weighted by Gasteiger charge is -2.08. The van der Waals surface area contributed by atoms with Crippen molar-refractivity contribution in [2.75, 3.05) is 0 Å². The van der Waals surface area contributed by atoms with E-state index < -0.39 is 10.0 Å². The quantitative estimate of drug-likeness (QED) is 0.930. The van der Waals surface area contributed by atoms with E-state index in [2.05, 4.69) is 4.72 Å². The minimum atomic E-state index is -3.68. The molecule has 0 aliphatic heterocycles. The van der Waals surface area contributed by atoms with Crippen LogP contribution in [0, 0.1) is 0 Å². The van der Waals surface area contributed by atoms with Gasteiger partial charge in [0.15, 0.2) is 0 Å². The molecule has 1 aromatic heterocycles. The molecule has 0 bridgehead atoms. The van der Waals surface area contributed by atoms with Crippen LogP contribution >= 0.6 is 11.6 Å². The van der Waals surface area contributed by atoms with Crippen LogP contribution in [-0.2, 0) is 23.6 Å². The number of halogens is 1. The van der Waals surface area contributed by atoms with Gasteiger partial charge in [-0.05, 0) is 17.7 Å². The van der Waals surface area contributed by atoms with Crippen molar-refractivity contribution < 1.29 is 8.42 Å². The van der Waals surface area contributed by atoms with Gasteiger partial charge < -0.3 is 4.57 Å². The number of rotatable bonds is 4. The van der Waals surface area contributed by atoms with Crippen LogP contribution in [0.25, 0.3) is 0 Å². The summed E-state index contributed by atoms with van der Waals surface area (Å²) in [5.41, 5.74) is 0.533. The summed E-state index contributed by atoms with van der Waals surface area (Å²) in [6.07, 6.45) is 1.58. The lowest BCUT2D eigenvalue weighted by Crippen LogP contribution is -2.24. The Balaban J connectivity index is 2.19. The maximum Gasteiger partial charge on any atom is 0.250 e. The first kappa shape index (κ1) is 14.8.